The van der Waals surface area contributed by atoms with Gasteiger partial charge in [-0.05, 0) is 36.8 Å². The maximum Gasteiger partial charge on any atom is 0.127 e. The largest absolute Gasteiger partial charge is 0.354 e. The number of hydrogen-bond acceptors (Lipinski definition) is 1. The Morgan fingerprint density at radius 2 is 2.11 bits per heavy atom. The second-order valence-electron chi connectivity index (χ2n) is 4.19. The van der Waals surface area contributed by atoms with Crippen LogP contribution in [-0.2, 0) is 19.6 Å². The molecule has 96 valence electrons. The van der Waals surface area contributed by atoms with Crippen molar-refractivity contribution in [2.45, 2.75) is 26.6 Å². The van der Waals surface area contributed by atoms with Gasteiger partial charge in [-0.15, -0.1) is 0 Å². The van der Waals surface area contributed by atoms with Gasteiger partial charge in [0.15, 0.2) is 0 Å². The Morgan fingerprint density at radius 1 is 1.28 bits per heavy atom. The maximum absolute atomic E-state index is 13.5. The summed E-state index contributed by atoms with van der Waals surface area (Å²) in [6.07, 6.45) is 4.15. The average molecular weight is 311 g/mol. The summed E-state index contributed by atoms with van der Waals surface area (Å²) in [6.45, 7) is 4.36. The number of hydrogen-bond donors (Lipinski definition) is 1. The van der Waals surface area contributed by atoms with Crippen LogP contribution in [0.15, 0.2) is 41.1 Å². The minimum Gasteiger partial charge on any atom is -0.354 e. The van der Waals surface area contributed by atoms with Crippen molar-refractivity contribution in [2.24, 2.45) is 0 Å². The summed E-state index contributed by atoms with van der Waals surface area (Å²) in [5.41, 5.74) is 1.89. The first-order valence-electron chi connectivity index (χ1n) is 5.98. The first-order valence-corrected chi connectivity index (χ1v) is 6.77. The predicted molar refractivity (Wildman–Crippen MR) is 74.7 cm³/mol. The highest BCUT2D eigenvalue weighted by atomic mass is 79.9. The predicted octanol–water partition coefficient (Wildman–Crippen LogP) is 3.70. The zero-order valence-corrected chi connectivity index (χ0v) is 11.9. The molecule has 0 bridgehead atoms. The second kappa shape index (κ2) is 6.16. The van der Waals surface area contributed by atoms with E-state index in [1.165, 1.54) is 11.6 Å². The molecule has 0 fully saturated rings. The van der Waals surface area contributed by atoms with Crippen LogP contribution in [0.3, 0.4) is 0 Å². The zero-order valence-electron chi connectivity index (χ0n) is 10.3. The molecule has 2 nitrogen and oxygen atoms in total. The molecular formula is C14H16BrFN2. The molecule has 0 aliphatic rings. The summed E-state index contributed by atoms with van der Waals surface area (Å²) in [5, 5.41) is 3.25. The molecular weight excluding hydrogens is 295 g/mol. The highest BCUT2D eigenvalue weighted by Crippen LogP contribution is 2.15. The van der Waals surface area contributed by atoms with Gasteiger partial charge < -0.3 is 9.88 Å². The molecule has 1 aromatic heterocycles. The molecule has 1 heterocycles. The molecule has 2 aromatic rings. The lowest BCUT2D eigenvalue weighted by Gasteiger charge is -2.05. The van der Waals surface area contributed by atoms with E-state index in [9.17, 15) is 4.39 Å². The number of aryl methyl sites for hydroxylation is 1. The first-order chi connectivity index (χ1) is 8.69. The molecule has 0 amide bonds. The molecule has 0 aliphatic carbocycles. The lowest BCUT2D eigenvalue weighted by atomic mass is 10.2. The maximum atomic E-state index is 13.5. The SMILES string of the molecule is CCn1ccc(CNCc2cc(Br)ccc2F)c1. The number of nitrogens with one attached hydrogen (secondary N) is 1. The third kappa shape index (κ3) is 3.43. The van der Waals surface area contributed by atoms with Gasteiger partial charge in [-0.25, -0.2) is 4.39 Å². The molecule has 0 unspecified atom stereocenters. The van der Waals surface area contributed by atoms with Crippen LogP contribution in [-0.4, -0.2) is 4.57 Å². The van der Waals surface area contributed by atoms with Crippen LogP contribution in [0.2, 0.25) is 0 Å². The van der Waals surface area contributed by atoms with E-state index in [1.807, 2.05) is 0 Å². The van der Waals surface area contributed by atoms with Crippen LogP contribution in [0, 0.1) is 5.82 Å². The van der Waals surface area contributed by atoms with Crippen LogP contribution in [0.1, 0.15) is 18.1 Å². The third-order valence-electron chi connectivity index (χ3n) is 2.83. The van der Waals surface area contributed by atoms with Crippen molar-refractivity contribution < 1.29 is 4.39 Å². The average Bonchev–Trinajstić information content (AvgIpc) is 2.81. The smallest absolute Gasteiger partial charge is 0.127 e. The van der Waals surface area contributed by atoms with E-state index < -0.39 is 0 Å². The van der Waals surface area contributed by atoms with Gasteiger partial charge in [0.25, 0.3) is 0 Å². The fourth-order valence-corrected chi connectivity index (χ4v) is 2.22. The van der Waals surface area contributed by atoms with Crippen LogP contribution >= 0.6 is 15.9 Å². The van der Waals surface area contributed by atoms with Gasteiger partial charge in [0.2, 0.25) is 0 Å². The second-order valence-corrected chi connectivity index (χ2v) is 5.11. The topological polar surface area (TPSA) is 17.0 Å². The van der Waals surface area contributed by atoms with Crippen molar-refractivity contribution in [3.63, 3.8) is 0 Å². The Labute approximate surface area is 115 Å². The Morgan fingerprint density at radius 3 is 2.83 bits per heavy atom. The Hall–Kier alpha value is -1.13. The molecule has 2 rings (SSSR count). The Bertz CT molecular complexity index is 522. The summed E-state index contributed by atoms with van der Waals surface area (Å²) < 4.78 is 16.5. The lowest BCUT2D eigenvalue weighted by molar-refractivity contribution is 0.587. The van der Waals surface area contributed by atoms with Crippen molar-refractivity contribution in [3.05, 3.63) is 58.1 Å². The highest BCUT2D eigenvalue weighted by molar-refractivity contribution is 9.10. The van der Waals surface area contributed by atoms with Gasteiger partial charge >= 0.3 is 0 Å². The summed E-state index contributed by atoms with van der Waals surface area (Å²) in [7, 11) is 0. The summed E-state index contributed by atoms with van der Waals surface area (Å²) in [6, 6.07) is 7.07. The monoisotopic (exact) mass is 310 g/mol. The number of benzene rings is 1. The molecule has 0 saturated carbocycles. The van der Waals surface area contributed by atoms with Gasteiger partial charge in [0, 0.05) is 42.1 Å². The zero-order chi connectivity index (χ0) is 13.0. The summed E-state index contributed by atoms with van der Waals surface area (Å²) in [4.78, 5) is 0. The number of aromatic nitrogens is 1. The summed E-state index contributed by atoms with van der Waals surface area (Å²) >= 11 is 3.35. The minimum atomic E-state index is -0.170. The van der Waals surface area contributed by atoms with E-state index in [0.29, 0.717) is 12.1 Å². The van der Waals surface area contributed by atoms with E-state index in [1.54, 1.807) is 12.1 Å². The van der Waals surface area contributed by atoms with Crippen LogP contribution < -0.4 is 5.32 Å². The first kappa shape index (κ1) is 13.3. The quantitative estimate of drug-likeness (QED) is 0.891. The molecule has 4 heteroatoms. The van der Waals surface area contributed by atoms with Crippen LogP contribution in [0.4, 0.5) is 4.39 Å². The summed E-state index contributed by atoms with van der Waals surface area (Å²) in [5.74, 6) is -0.170. The van der Waals surface area contributed by atoms with E-state index in [-0.39, 0.29) is 5.82 Å². The molecule has 0 saturated heterocycles. The van der Waals surface area contributed by atoms with E-state index >= 15 is 0 Å². The van der Waals surface area contributed by atoms with Gasteiger partial charge in [0.1, 0.15) is 5.82 Å². The van der Waals surface area contributed by atoms with Crippen molar-refractivity contribution in [3.8, 4) is 0 Å². The van der Waals surface area contributed by atoms with Crippen LogP contribution in [0.5, 0.6) is 0 Å². The Balaban J connectivity index is 1.90. The van der Waals surface area contributed by atoms with Crippen molar-refractivity contribution in [1.82, 2.24) is 9.88 Å². The van der Waals surface area contributed by atoms with E-state index in [2.05, 4.69) is 51.2 Å². The number of halogens is 2. The standard InChI is InChI=1S/C14H16BrFN2/c1-2-18-6-5-11(10-18)8-17-9-12-7-13(15)3-4-14(12)16/h3-7,10,17H,2,8-9H2,1H3. The van der Waals surface area contributed by atoms with E-state index in [0.717, 1.165) is 17.6 Å². The number of rotatable bonds is 5. The van der Waals surface area contributed by atoms with E-state index in [4.69, 9.17) is 0 Å². The molecule has 1 N–H and O–H groups in total. The lowest BCUT2D eigenvalue weighted by Crippen LogP contribution is -2.13. The van der Waals surface area contributed by atoms with Crippen molar-refractivity contribution >= 4 is 15.9 Å². The highest BCUT2D eigenvalue weighted by Gasteiger charge is 2.02. The van der Waals surface area contributed by atoms with Crippen molar-refractivity contribution in [2.75, 3.05) is 0 Å². The fourth-order valence-electron chi connectivity index (χ4n) is 1.81. The third-order valence-corrected chi connectivity index (χ3v) is 3.32. The minimum absolute atomic E-state index is 0.170. The number of nitrogens with zero attached hydrogens (tertiary/aromatic N) is 1. The molecule has 0 aliphatic heterocycles. The molecule has 0 spiro atoms. The molecule has 1 aromatic carbocycles. The molecule has 0 atom stereocenters. The normalized spacial score (nSPS) is 10.8. The fraction of sp³-hybridized carbons (Fsp3) is 0.286. The van der Waals surface area contributed by atoms with Gasteiger partial charge in [-0.3, -0.25) is 0 Å². The van der Waals surface area contributed by atoms with Gasteiger partial charge in [-0.1, -0.05) is 15.9 Å². The Kier molecular flexibility index (Phi) is 4.55. The van der Waals surface area contributed by atoms with Crippen molar-refractivity contribution in [1.29, 1.82) is 0 Å². The molecule has 18 heavy (non-hydrogen) atoms. The van der Waals surface area contributed by atoms with Crippen LogP contribution in [0.25, 0.3) is 0 Å². The van der Waals surface area contributed by atoms with Gasteiger partial charge in [0.05, 0.1) is 0 Å². The molecule has 0 radical (unpaired) electrons. The van der Waals surface area contributed by atoms with Gasteiger partial charge in [-0.2, -0.15) is 0 Å².